The number of nitrogens with two attached hydrogens (primary N) is 1. The van der Waals surface area contributed by atoms with E-state index in [9.17, 15) is 4.79 Å². The molecule has 0 fully saturated rings. The molecule has 0 aromatic heterocycles. The Morgan fingerprint density at radius 1 is 1.58 bits per heavy atom. The van der Waals surface area contributed by atoms with Gasteiger partial charge in [-0.1, -0.05) is 0 Å². The molecule has 0 radical (unpaired) electrons. The van der Waals surface area contributed by atoms with Crippen LogP contribution >= 0.6 is 12.6 Å². The van der Waals surface area contributed by atoms with E-state index in [2.05, 4.69) is 17.4 Å². The zero-order valence-electron chi connectivity index (χ0n) is 6.57. The topological polar surface area (TPSA) is 52.3 Å². The van der Waals surface area contributed by atoms with Crippen molar-refractivity contribution in [1.82, 2.24) is 0 Å². The lowest BCUT2D eigenvalue weighted by Gasteiger charge is -2.03. The van der Waals surface area contributed by atoms with Gasteiger partial charge in [-0.2, -0.15) is 0 Å². The SMILES string of the molecule is COC(=O)c1cc(S)ccc1N. The number of ether oxygens (including phenoxy) is 1. The molecule has 0 bridgehead atoms. The van der Waals surface area contributed by atoms with Gasteiger partial charge >= 0.3 is 5.97 Å². The summed E-state index contributed by atoms with van der Waals surface area (Å²) in [4.78, 5) is 11.7. The molecule has 64 valence electrons. The predicted molar refractivity (Wildman–Crippen MR) is 49.4 cm³/mol. The van der Waals surface area contributed by atoms with E-state index in [1.807, 2.05) is 0 Å². The minimum Gasteiger partial charge on any atom is -0.465 e. The van der Waals surface area contributed by atoms with Crippen LogP contribution in [0.3, 0.4) is 0 Å². The van der Waals surface area contributed by atoms with E-state index < -0.39 is 5.97 Å². The summed E-state index contributed by atoms with van der Waals surface area (Å²) in [5.41, 5.74) is 6.29. The van der Waals surface area contributed by atoms with Crippen LogP contribution in [0.1, 0.15) is 10.4 Å². The fourth-order valence-electron chi connectivity index (χ4n) is 0.831. The normalized spacial score (nSPS) is 9.50. The maximum atomic E-state index is 11.1. The molecular weight excluding hydrogens is 174 g/mol. The van der Waals surface area contributed by atoms with Gasteiger partial charge in [-0.05, 0) is 18.2 Å². The fraction of sp³-hybridized carbons (Fsp3) is 0.125. The lowest BCUT2D eigenvalue weighted by atomic mass is 10.2. The quantitative estimate of drug-likeness (QED) is 0.392. The standard InChI is InChI=1S/C8H9NO2S/c1-11-8(10)6-4-5(12)2-3-7(6)9/h2-4,12H,9H2,1H3. The van der Waals surface area contributed by atoms with E-state index in [-0.39, 0.29) is 0 Å². The van der Waals surface area contributed by atoms with Crippen LogP contribution < -0.4 is 5.73 Å². The number of hydrogen-bond acceptors (Lipinski definition) is 4. The smallest absolute Gasteiger partial charge is 0.339 e. The lowest BCUT2D eigenvalue weighted by Crippen LogP contribution is -2.05. The van der Waals surface area contributed by atoms with E-state index in [4.69, 9.17) is 5.73 Å². The third-order valence-corrected chi connectivity index (χ3v) is 1.72. The van der Waals surface area contributed by atoms with Gasteiger partial charge in [-0.15, -0.1) is 12.6 Å². The molecule has 0 aliphatic carbocycles. The van der Waals surface area contributed by atoms with Gasteiger partial charge < -0.3 is 10.5 Å². The molecule has 0 saturated heterocycles. The molecule has 0 spiro atoms. The maximum absolute atomic E-state index is 11.1. The number of hydrogen-bond donors (Lipinski definition) is 2. The molecule has 1 aromatic rings. The van der Waals surface area contributed by atoms with Crippen LogP contribution in [-0.4, -0.2) is 13.1 Å². The second kappa shape index (κ2) is 3.49. The molecule has 4 heteroatoms. The lowest BCUT2D eigenvalue weighted by molar-refractivity contribution is 0.0601. The van der Waals surface area contributed by atoms with Crippen LogP contribution in [0.25, 0.3) is 0 Å². The Kier molecular flexibility index (Phi) is 2.60. The van der Waals surface area contributed by atoms with Crippen LogP contribution in [0.15, 0.2) is 23.1 Å². The Balaban J connectivity index is 3.13. The number of thiol groups is 1. The number of anilines is 1. The molecule has 0 amide bonds. The van der Waals surface area contributed by atoms with Crippen LogP contribution in [0, 0.1) is 0 Å². The first-order valence-electron chi connectivity index (χ1n) is 3.32. The van der Waals surface area contributed by atoms with Crippen molar-refractivity contribution in [2.24, 2.45) is 0 Å². The highest BCUT2D eigenvalue weighted by Crippen LogP contribution is 2.17. The molecule has 0 aliphatic heterocycles. The number of benzene rings is 1. The van der Waals surface area contributed by atoms with Crippen LogP contribution in [0.4, 0.5) is 5.69 Å². The van der Waals surface area contributed by atoms with E-state index in [1.54, 1.807) is 18.2 Å². The highest BCUT2D eigenvalue weighted by atomic mass is 32.1. The second-order valence-electron chi connectivity index (χ2n) is 2.26. The second-order valence-corrected chi connectivity index (χ2v) is 2.78. The molecule has 1 aromatic carbocycles. The average molecular weight is 183 g/mol. The predicted octanol–water partition coefficient (Wildman–Crippen LogP) is 1.34. The summed E-state index contributed by atoms with van der Waals surface area (Å²) >= 11 is 4.07. The van der Waals surface area contributed by atoms with Gasteiger partial charge in [0.15, 0.2) is 0 Å². The average Bonchev–Trinajstić information content (AvgIpc) is 2.08. The Bertz CT molecular complexity index is 312. The van der Waals surface area contributed by atoms with Gasteiger partial charge in [0.2, 0.25) is 0 Å². The van der Waals surface area contributed by atoms with Gasteiger partial charge in [0.25, 0.3) is 0 Å². The highest BCUT2D eigenvalue weighted by molar-refractivity contribution is 7.80. The molecule has 12 heavy (non-hydrogen) atoms. The molecular formula is C8H9NO2S. The Morgan fingerprint density at radius 2 is 2.25 bits per heavy atom. The first-order valence-corrected chi connectivity index (χ1v) is 3.76. The maximum Gasteiger partial charge on any atom is 0.339 e. The van der Waals surface area contributed by atoms with Crippen molar-refractivity contribution in [3.63, 3.8) is 0 Å². The zero-order valence-corrected chi connectivity index (χ0v) is 7.47. The number of nitrogen functional groups attached to an aromatic ring is 1. The minimum absolute atomic E-state index is 0.352. The summed E-state index contributed by atoms with van der Waals surface area (Å²) in [6.45, 7) is 0. The first-order chi connectivity index (χ1) is 5.65. The molecule has 0 atom stereocenters. The minimum atomic E-state index is -0.441. The van der Waals surface area contributed by atoms with Crippen molar-refractivity contribution in [3.05, 3.63) is 23.8 Å². The fourth-order valence-corrected chi connectivity index (χ4v) is 1.03. The Hall–Kier alpha value is -1.16. The first kappa shape index (κ1) is 8.93. The van der Waals surface area contributed by atoms with Crippen molar-refractivity contribution in [3.8, 4) is 0 Å². The van der Waals surface area contributed by atoms with Crippen molar-refractivity contribution >= 4 is 24.3 Å². The summed E-state index contributed by atoms with van der Waals surface area (Å²) in [5, 5.41) is 0. The van der Waals surface area contributed by atoms with E-state index in [0.717, 1.165) is 0 Å². The molecule has 0 heterocycles. The third-order valence-electron chi connectivity index (χ3n) is 1.44. The molecule has 0 saturated carbocycles. The van der Waals surface area contributed by atoms with E-state index >= 15 is 0 Å². The van der Waals surface area contributed by atoms with Crippen LogP contribution in [0.2, 0.25) is 0 Å². The number of carbonyl (C=O) groups is 1. The summed E-state index contributed by atoms with van der Waals surface area (Å²) in [5.74, 6) is -0.441. The summed E-state index contributed by atoms with van der Waals surface area (Å²) < 4.78 is 4.52. The third kappa shape index (κ3) is 1.71. The van der Waals surface area contributed by atoms with Crippen molar-refractivity contribution in [2.45, 2.75) is 4.90 Å². The number of carbonyl (C=O) groups excluding carboxylic acids is 1. The van der Waals surface area contributed by atoms with Crippen LogP contribution in [0.5, 0.6) is 0 Å². The Labute approximate surface area is 75.9 Å². The van der Waals surface area contributed by atoms with Gasteiger partial charge in [0.1, 0.15) is 0 Å². The van der Waals surface area contributed by atoms with Crippen molar-refractivity contribution < 1.29 is 9.53 Å². The van der Waals surface area contributed by atoms with Gasteiger partial charge in [0, 0.05) is 10.6 Å². The number of esters is 1. The number of rotatable bonds is 1. The van der Waals surface area contributed by atoms with Crippen LogP contribution in [-0.2, 0) is 4.74 Å². The van der Waals surface area contributed by atoms with Gasteiger partial charge in [-0.3, -0.25) is 0 Å². The van der Waals surface area contributed by atoms with E-state index in [0.29, 0.717) is 16.1 Å². The Morgan fingerprint density at radius 3 is 2.83 bits per heavy atom. The summed E-state index contributed by atoms with van der Waals surface area (Å²) in [6, 6.07) is 4.91. The number of methoxy groups -OCH3 is 1. The molecule has 3 nitrogen and oxygen atoms in total. The van der Waals surface area contributed by atoms with E-state index in [1.165, 1.54) is 7.11 Å². The van der Waals surface area contributed by atoms with Crippen molar-refractivity contribution in [1.29, 1.82) is 0 Å². The largest absolute Gasteiger partial charge is 0.465 e. The zero-order chi connectivity index (χ0) is 9.14. The molecule has 0 unspecified atom stereocenters. The molecule has 2 N–H and O–H groups in total. The van der Waals surface area contributed by atoms with Gasteiger partial charge in [0.05, 0.1) is 12.7 Å². The summed E-state index contributed by atoms with van der Waals surface area (Å²) in [7, 11) is 1.31. The van der Waals surface area contributed by atoms with Gasteiger partial charge in [-0.25, -0.2) is 4.79 Å². The highest BCUT2D eigenvalue weighted by Gasteiger charge is 2.08. The molecule has 0 aliphatic rings. The summed E-state index contributed by atoms with van der Waals surface area (Å²) in [6.07, 6.45) is 0. The molecule has 1 rings (SSSR count). The van der Waals surface area contributed by atoms with Crippen molar-refractivity contribution in [2.75, 3.05) is 12.8 Å². The monoisotopic (exact) mass is 183 g/mol.